The first-order chi connectivity index (χ1) is 13.7. The molecule has 1 amide bonds. The summed E-state index contributed by atoms with van der Waals surface area (Å²) in [6.45, 7) is 1.86. The number of carbonyl (C=O) groups is 1. The van der Waals surface area contributed by atoms with Crippen molar-refractivity contribution in [2.75, 3.05) is 5.32 Å². The molecule has 152 valence electrons. The van der Waals surface area contributed by atoms with E-state index in [1.807, 2.05) is 37.3 Å². The molecule has 0 radical (unpaired) electrons. The molecule has 0 aliphatic carbocycles. The molecule has 5 nitrogen and oxygen atoms in total. The third-order valence-electron chi connectivity index (χ3n) is 4.15. The molecule has 29 heavy (non-hydrogen) atoms. The van der Waals surface area contributed by atoms with Gasteiger partial charge in [-0.25, -0.2) is 8.42 Å². The lowest BCUT2D eigenvalue weighted by atomic mass is 10.1. The number of hydrogen-bond acceptors (Lipinski definition) is 4. The molecule has 3 aromatic rings. The van der Waals surface area contributed by atoms with Gasteiger partial charge in [0.15, 0.2) is 0 Å². The van der Waals surface area contributed by atoms with E-state index in [0.29, 0.717) is 14.5 Å². The van der Waals surface area contributed by atoms with E-state index in [1.165, 1.54) is 6.07 Å². The molecule has 0 spiro atoms. The van der Waals surface area contributed by atoms with Crippen molar-refractivity contribution in [3.05, 3.63) is 80.6 Å². The van der Waals surface area contributed by atoms with Gasteiger partial charge in [-0.05, 0) is 64.7 Å². The lowest BCUT2D eigenvalue weighted by molar-refractivity contribution is -0.117. The van der Waals surface area contributed by atoms with E-state index in [2.05, 4.69) is 26.0 Å². The van der Waals surface area contributed by atoms with Crippen LogP contribution < -0.4 is 10.0 Å². The van der Waals surface area contributed by atoms with Gasteiger partial charge in [0.2, 0.25) is 5.91 Å². The highest BCUT2D eigenvalue weighted by molar-refractivity contribution is 9.11. The molecule has 1 heterocycles. The summed E-state index contributed by atoms with van der Waals surface area (Å²) >= 11 is 10.5. The monoisotopic (exact) mass is 512 g/mol. The third kappa shape index (κ3) is 5.90. The van der Waals surface area contributed by atoms with Crippen molar-refractivity contribution >= 4 is 60.5 Å². The molecule has 9 heteroatoms. The summed E-state index contributed by atoms with van der Waals surface area (Å²) in [6.07, 6.45) is 0.206. The molecule has 0 aliphatic rings. The SMILES string of the molecule is Cc1ccc(NC(=O)C(Cc2ccccc2)NS(=O)(=O)c2ccc(Br)s2)cc1Cl. The molecule has 0 aliphatic heterocycles. The average Bonchev–Trinajstić information content (AvgIpc) is 3.12. The Kier molecular flexibility index (Phi) is 7.13. The third-order valence-corrected chi connectivity index (χ3v) is 8.14. The van der Waals surface area contributed by atoms with Gasteiger partial charge in [-0.1, -0.05) is 48.0 Å². The van der Waals surface area contributed by atoms with Crippen LogP contribution in [0.1, 0.15) is 11.1 Å². The molecule has 2 aromatic carbocycles. The van der Waals surface area contributed by atoms with Gasteiger partial charge in [0.1, 0.15) is 10.3 Å². The second-order valence-corrected chi connectivity index (χ2v) is 11.2. The van der Waals surface area contributed by atoms with E-state index in [0.717, 1.165) is 22.5 Å². The van der Waals surface area contributed by atoms with Gasteiger partial charge in [0.05, 0.1) is 3.79 Å². The number of amides is 1. The average molecular weight is 514 g/mol. The van der Waals surface area contributed by atoms with Crippen molar-refractivity contribution in [1.82, 2.24) is 4.72 Å². The maximum atomic E-state index is 12.9. The van der Waals surface area contributed by atoms with Crippen LogP contribution in [-0.2, 0) is 21.2 Å². The molecule has 1 aromatic heterocycles. The zero-order valence-electron chi connectivity index (χ0n) is 15.4. The number of carbonyl (C=O) groups excluding carboxylic acids is 1. The fourth-order valence-corrected chi connectivity index (χ4v) is 6.03. The van der Waals surface area contributed by atoms with Crippen LogP contribution in [0.2, 0.25) is 5.02 Å². The first-order valence-corrected chi connectivity index (χ1v) is 12.1. The van der Waals surface area contributed by atoms with Crippen LogP contribution >= 0.6 is 38.9 Å². The van der Waals surface area contributed by atoms with Crippen LogP contribution in [0.25, 0.3) is 0 Å². The maximum Gasteiger partial charge on any atom is 0.250 e. The van der Waals surface area contributed by atoms with Crippen LogP contribution in [0, 0.1) is 6.92 Å². The van der Waals surface area contributed by atoms with Crippen molar-refractivity contribution in [2.45, 2.75) is 23.6 Å². The maximum absolute atomic E-state index is 12.9. The van der Waals surface area contributed by atoms with Crippen molar-refractivity contribution in [1.29, 1.82) is 0 Å². The Morgan fingerprint density at radius 1 is 1.14 bits per heavy atom. The number of halogens is 2. The fraction of sp³-hybridized carbons (Fsp3) is 0.150. The molecular weight excluding hydrogens is 496 g/mol. The zero-order chi connectivity index (χ0) is 21.0. The number of anilines is 1. The van der Waals surface area contributed by atoms with Gasteiger partial charge in [0.25, 0.3) is 10.0 Å². The Balaban J connectivity index is 1.85. The van der Waals surface area contributed by atoms with E-state index in [4.69, 9.17) is 11.6 Å². The highest BCUT2D eigenvalue weighted by atomic mass is 79.9. The van der Waals surface area contributed by atoms with Gasteiger partial charge in [-0.2, -0.15) is 4.72 Å². The van der Waals surface area contributed by atoms with E-state index in [1.54, 1.807) is 24.3 Å². The van der Waals surface area contributed by atoms with Crippen molar-refractivity contribution in [3.63, 3.8) is 0 Å². The van der Waals surface area contributed by atoms with E-state index < -0.39 is 22.0 Å². The summed E-state index contributed by atoms with van der Waals surface area (Å²) in [7, 11) is -3.86. The van der Waals surface area contributed by atoms with Crippen LogP contribution in [0.5, 0.6) is 0 Å². The topological polar surface area (TPSA) is 75.3 Å². The number of thiophene rings is 1. The molecule has 3 rings (SSSR count). The Morgan fingerprint density at radius 2 is 1.86 bits per heavy atom. The second-order valence-electron chi connectivity index (χ2n) is 6.38. The zero-order valence-corrected chi connectivity index (χ0v) is 19.3. The standard InChI is InChI=1S/C20H18BrClN2O3S2/c1-13-7-8-15(12-16(13)22)23-20(25)17(11-14-5-3-2-4-6-14)24-29(26,27)19-10-9-18(21)28-19/h2-10,12,17,24H,11H2,1H3,(H,23,25). The minimum atomic E-state index is -3.86. The van der Waals surface area contributed by atoms with Gasteiger partial charge in [0, 0.05) is 10.7 Å². The largest absolute Gasteiger partial charge is 0.325 e. The van der Waals surface area contributed by atoms with E-state index in [9.17, 15) is 13.2 Å². The minimum Gasteiger partial charge on any atom is -0.325 e. The summed E-state index contributed by atoms with van der Waals surface area (Å²) in [5.74, 6) is -0.465. The van der Waals surface area contributed by atoms with Gasteiger partial charge < -0.3 is 5.32 Å². The Hall–Kier alpha value is -1.71. The Labute approximate surface area is 187 Å². The van der Waals surface area contributed by atoms with E-state index in [-0.39, 0.29) is 10.6 Å². The lowest BCUT2D eigenvalue weighted by Crippen LogP contribution is -2.45. The number of aryl methyl sites for hydroxylation is 1. The predicted molar refractivity (Wildman–Crippen MR) is 121 cm³/mol. The van der Waals surface area contributed by atoms with Crippen LogP contribution in [0.15, 0.2) is 68.7 Å². The quantitative estimate of drug-likeness (QED) is 0.467. The molecule has 1 unspecified atom stereocenters. The Morgan fingerprint density at radius 3 is 2.48 bits per heavy atom. The fourth-order valence-electron chi connectivity index (χ4n) is 2.63. The highest BCUT2D eigenvalue weighted by Gasteiger charge is 2.27. The normalized spacial score (nSPS) is 12.5. The number of hydrogen-bond donors (Lipinski definition) is 2. The summed E-state index contributed by atoms with van der Waals surface area (Å²) < 4.78 is 28.9. The van der Waals surface area contributed by atoms with Crippen LogP contribution in [-0.4, -0.2) is 20.4 Å². The number of benzene rings is 2. The first kappa shape index (κ1) is 22.0. The minimum absolute atomic E-state index is 0.133. The first-order valence-electron chi connectivity index (χ1n) is 8.63. The second kappa shape index (κ2) is 9.40. The van der Waals surface area contributed by atoms with Crippen molar-refractivity contribution in [3.8, 4) is 0 Å². The van der Waals surface area contributed by atoms with E-state index >= 15 is 0 Å². The molecular formula is C20H18BrClN2O3S2. The molecule has 2 N–H and O–H groups in total. The molecule has 0 bridgehead atoms. The Bertz CT molecular complexity index is 1120. The number of sulfonamides is 1. The lowest BCUT2D eigenvalue weighted by Gasteiger charge is -2.18. The molecule has 0 saturated carbocycles. The number of nitrogens with one attached hydrogen (secondary N) is 2. The van der Waals surface area contributed by atoms with Crippen LogP contribution in [0.4, 0.5) is 5.69 Å². The highest BCUT2D eigenvalue weighted by Crippen LogP contribution is 2.26. The van der Waals surface area contributed by atoms with Crippen molar-refractivity contribution < 1.29 is 13.2 Å². The summed E-state index contributed by atoms with van der Waals surface area (Å²) in [6, 6.07) is 16.5. The number of rotatable bonds is 7. The van der Waals surface area contributed by atoms with Gasteiger partial charge >= 0.3 is 0 Å². The summed E-state index contributed by atoms with van der Waals surface area (Å²) in [4.78, 5) is 12.9. The molecule has 1 atom stereocenters. The van der Waals surface area contributed by atoms with Crippen LogP contribution in [0.3, 0.4) is 0 Å². The van der Waals surface area contributed by atoms with Gasteiger partial charge in [-0.15, -0.1) is 11.3 Å². The van der Waals surface area contributed by atoms with Gasteiger partial charge in [-0.3, -0.25) is 4.79 Å². The van der Waals surface area contributed by atoms with Crippen molar-refractivity contribution in [2.24, 2.45) is 0 Å². The molecule has 0 saturated heterocycles. The molecule has 0 fully saturated rings. The predicted octanol–water partition coefficient (Wildman–Crippen LogP) is 5.00. The summed E-state index contributed by atoms with van der Waals surface area (Å²) in [5, 5.41) is 3.27. The smallest absolute Gasteiger partial charge is 0.250 e. The summed E-state index contributed by atoms with van der Waals surface area (Å²) in [5.41, 5.74) is 2.22.